The van der Waals surface area contributed by atoms with E-state index in [9.17, 15) is 13.2 Å². The van der Waals surface area contributed by atoms with Crippen LogP contribution in [0.4, 0.5) is 0 Å². The highest BCUT2D eigenvalue weighted by Crippen LogP contribution is 2.32. The van der Waals surface area contributed by atoms with E-state index in [0.29, 0.717) is 4.91 Å². The van der Waals surface area contributed by atoms with Crippen LogP contribution in [0.1, 0.15) is 0 Å². The summed E-state index contributed by atoms with van der Waals surface area (Å²) in [6.07, 6.45) is 3.17. The third-order valence-corrected chi connectivity index (χ3v) is 5.21. The van der Waals surface area contributed by atoms with Crippen molar-refractivity contribution in [1.29, 1.82) is 0 Å². The van der Waals surface area contributed by atoms with Crippen LogP contribution in [-0.2, 0) is 14.8 Å². The lowest BCUT2D eigenvalue weighted by Gasteiger charge is -2.12. The minimum Gasteiger partial charge on any atom is -0.382 e. The number of carbonyl (C=O) groups is 1. The van der Waals surface area contributed by atoms with Gasteiger partial charge in [-0.1, -0.05) is 24.3 Å². The Morgan fingerprint density at radius 3 is 2.52 bits per heavy atom. The minimum absolute atomic E-state index is 0.0872. The average Bonchev–Trinajstić information content (AvgIpc) is 2.76. The van der Waals surface area contributed by atoms with Crippen LogP contribution in [0.15, 0.2) is 63.4 Å². The molecule has 2 rings (SSSR count). The molecule has 0 saturated carbocycles. The third kappa shape index (κ3) is 4.02. The molecule has 0 N–H and O–H groups in total. The zero-order valence-corrected chi connectivity index (χ0v) is 14.5. The summed E-state index contributed by atoms with van der Waals surface area (Å²) < 4.78 is 28.6. The summed E-state index contributed by atoms with van der Waals surface area (Å²) in [5.41, 5.74) is 0. The number of hydrogen-bond acceptors (Lipinski definition) is 5. The first-order valence-electron chi connectivity index (χ1n) is 6.74. The largest absolute Gasteiger partial charge is 0.382 e. The molecule has 0 atom stereocenters. The van der Waals surface area contributed by atoms with Crippen LogP contribution in [0.2, 0.25) is 0 Å². The van der Waals surface area contributed by atoms with E-state index in [-0.39, 0.29) is 22.5 Å². The van der Waals surface area contributed by atoms with Crippen molar-refractivity contribution in [3.8, 4) is 0 Å². The fourth-order valence-corrected chi connectivity index (χ4v) is 4.12. The van der Waals surface area contributed by atoms with Gasteiger partial charge in [0.15, 0.2) is 5.17 Å². The van der Waals surface area contributed by atoms with Crippen LogP contribution in [0.3, 0.4) is 0 Å². The van der Waals surface area contributed by atoms with Gasteiger partial charge in [0.1, 0.15) is 0 Å². The number of sulfonamides is 1. The van der Waals surface area contributed by atoms with E-state index in [1.165, 1.54) is 23.1 Å². The quantitative estimate of drug-likeness (QED) is 0.598. The molecule has 1 aliphatic rings. The first kappa shape index (κ1) is 17.3. The van der Waals surface area contributed by atoms with Crippen LogP contribution in [0.25, 0.3) is 0 Å². The normalized spacial score (nSPS) is 18.7. The zero-order chi connectivity index (χ0) is 17.0. The molecule has 6 nitrogen and oxygen atoms in total. The summed E-state index contributed by atoms with van der Waals surface area (Å²) in [5.74, 6) is -0.286. The van der Waals surface area contributed by atoms with Gasteiger partial charge >= 0.3 is 0 Å². The second-order valence-electron chi connectivity index (χ2n) is 4.93. The number of rotatable bonds is 5. The van der Waals surface area contributed by atoms with E-state index in [1.807, 2.05) is 0 Å². The molecule has 0 spiro atoms. The molecular formula is C15H17N3O3S2. The number of benzene rings is 1. The van der Waals surface area contributed by atoms with Crippen molar-refractivity contribution in [2.45, 2.75) is 4.90 Å². The van der Waals surface area contributed by atoms with Crippen molar-refractivity contribution in [3.05, 3.63) is 54.1 Å². The van der Waals surface area contributed by atoms with Crippen molar-refractivity contribution < 1.29 is 13.2 Å². The van der Waals surface area contributed by atoms with Crippen molar-refractivity contribution in [1.82, 2.24) is 9.80 Å². The smallest absolute Gasteiger partial charge is 0.284 e. The van der Waals surface area contributed by atoms with Crippen LogP contribution in [0, 0.1) is 0 Å². The van der Waals surface area contributed by atoms with Gasteiger partial charge in [-0.2, -0.15) is 8.42 Å². The lowest BCUT2D eigenvalue weighted by atomic mass is 10.4. The monoisotopic (exact) mass is 351 g/mol. The average molecular weight is 351 g/mol. The van der Waals surface area contributed by atoms with Gasteiger partial charge in [0, 0.05) is 26.8 Å². The van der Waals surface area contributed by atoms with E-state index in [0.717, 1.165) is 11.8 Å². The van der Waals surface area contributed by atoms with Crippen molar-refractivity contribution in [3.63, 3.8) is 0 Å². The van der Waals surface area contributed by atoms with Gasteiger partial charge in [0.2, 0.25) is 0 Å². The van der Waals surface area contributed by atoms with Crippen LogP contribution in [-0.4, -0.2) is 49.9 Å². The molecule has 1 amide bonds. The number of nitrogens with zero attached hydrogens (tertiary/aromatic N) is 3. The van der Waals surface area contributed by atoms with Crippen molar-refractivity contribution in [2.24, 2.45) is 4.40 Å². The molecule has 1 aliphatic heterocycles. The third-order valence-electron chi connectivity index (χ3n) is 2.81. The number of hydrogen-bond donors (Lipinski definition) is 0. The second kappa shape index (κ2) is 7.01. The van der Waals surface area contributed by atoms with Gasteiger partial charge in [-0.3, -0.25) is 9.69 Å². The van der Waals surface area contributed by atoms with Gasteiger partial charge in [0.05, 0.1) is 9.80 Å². The van der Waals surface area contributed by atoms with Crippen LogP contribution < -0.4 is 0 Å². The number of amidine groups is 1. The minimum atomic E-state index is -3.87. The van der Waals surface area contributed by atoms with Gasteiger partial charge in [0.25, 0.3) is 15.9 Å². The number of amides is 1. The summed E-state index contributed by atoms with van der Waals surface area (Å²) in [7, 11) is -0.300. The molecule has 1 aromatic rings. The van der Waals surface area contributed by atoms with Gasteiger partial charge in [-0.15, -0.1) is 11.0 Å². The van der Waals surface area contributed by atoms with E-state index in [2.05, 4.69) is 11.0 Å². The molecule has 0 bridgehead atoms. The maximum Gasteiger partial charge on any atom is 0.284 e. The maximum atomic E-state index is 12.4. The summed E-state index contributed by atoms with van der Waals surface area (Å²) in [6.45, 7) is 3.79. The Kier molecular flexibility index (Phi) is 5.27. The van der Waals surface area contributed by atoms with Gasteiger partial charge < -0.3 is 4.90 Å². The Morgan fingerprint density at radius 1 is 1.30 bits per heavy atom. The Morgan fingerprint density at radius 2 is 1.96 bits per heavy atom. The highest BCUT2D eigenvalue weighted by Gasteiger charge is 2.34. The van der Waals surface area contributed by atoms with Crippen molar-refractivity contribution >= 4 is 32.9 Å². The molecule has 1 aromatic carbocycles. The van der Waals surface area contributed by atoms with E-state index in [4.69, 9.17) is 0 Å². The number of carbonyl (C=O) groups excluding carboxylic acids is 1. The van der Waals surface area contributed by atoms with Crippen LogP contribution in [0.5, 0.6) is 0 Å². The number of thioether (sulfide) groups is 1. The summed E-state index contributed by atoms with van der Waals surface area (Å²) >= 11 is 1.04. The Bertz CT molecular complexity index is 768. The Balaban J connectivity index is 2.43. The summed E-state index contributed by atoms with van der Waals surface area (Å²) in [5, 5.41) is 0.131. The SMILES string of the molecule is C=CCN1C(=O)/C(=C\N(C)C)SC1=NS(=O)(=O)c1ccccc1. The fourth-order valence-electron chi connectivity index (χ4n) is 1.84. The fraction of sp³-hybridized carbons (Fsp3) is 0.200. The van der Waals surface area contributed by atoms with E-state index < -0.39 is 10.0 Å². The summed E-state index contributed by atoms with van der Waals surface area (Å²) in [6, 6.07) is 7.91. The highest BCUT2D eigenvalue weighted by molar-refractivity contribution is 8.19. The molecule has 0 aromatic heterocycles. The topological polar surface area (TPSA) is 70.1 Å². The molecule has 0 radical (unpaired) electrons. The molecular weight excluding hydrogens is 334 g/mol. The predicted molar refractivity (Wildman–Crippen MR) is 92.3 cm³/mol. The van der Waals surface area contributed by atoms with Crippen molar-refractivity contribution in [2.75, 3.05) is 20.6 Å². The van der Waals surface area contributed by atoms with E-state index >= 15 is 0 Å². The molecule has 0 unspecified atom stereocenters. The molecule has 122 valence electrons. The summed E-state index contributed by atoms with van der Waals surface area (Å²) in [4.78, 5) is 15.9. The predicted octanol–water partition coefficient (Wildman–Crippen LogP) is 1.90. The maximum absolute atomic E-state index is 12.4. The Hall–Kier alpha value is -2.06. The Labute approximate surface area is 140 Å². The first-order valence-corrected chi connectivity index (χ1v) is 8.99. The lowest BCUT2D eigenvalue weighted by molar-refractivity contribution is -0.121. The highest BCUT2D eigenvalue weighted by atomic mass is 32.2. The van der Waals surface area contributed by atoms with E-state index in [1.54, 1.807) is 43.4 Å². The van der Waals surface area contributed by atoms with Gasteiger partial charge in [-0.05, 0) is 23.9 Å². The second-order valence-corrected chi connectivity index (χ2v) is 7.54. The molecule has 1 fully saturated rings. The standard InChI is InChI=1S/C15H17N3O3S2/c1-4-10-18-14(19)13(11-17(2)3)22-15(18)16-23(20,21)12-8-6-5-7-9-12/h4-9,11H,1,10H2,2-3H3/b13-11+,16-15?. The zero-order valence-electron chi connectivity index (χ0n) is 12.8. The van der Waals surface area contributed by atoms with Gasteiger partial charge in [-0.25, -0.2) is 0 Å². The first-order chi connectivity index (χ1) is 10.8. The molecule has 1 heterocycles. The molecule has 0 aliphatic carbocycles. The lowest BCUT2D eigenvalue weighted by Crippen LogP contribution is -2.30. The van der Waals surface area contributed by atoms with Crippen LogP contribution >= 0.6 is 11.8 Å². The molecule has 23 heavy (non-hydrogen) atoms. The molecule has 1 saturated heterocycles. The molecule has 8 heteroatoms.